The van der Waals surface area contributed by atoms with E-state index in [4.69, 9.17) is 11.6 Å². The van der Waals surface area contributed by atoms with Gasteiger partial charge < -0.3 is 10.2 Å². The van der Waals surface area contributed by atoms with Crippen molar-refractivity contribution in [2.24, 2.45) is 5.92 Å². The van der Waals surface area contributed by atoms with E-state index in [1.165, 1.54) is 6.92 Å². The van der Waals surface area contributed by atoms with E-state index >= 15 is 0 Å². The van der Waals surface area contributed by atoms with E-state index < -0.39 is 0 Å². The normalized spacial score (nSPS) is 10.4. The van der Waals surface area contributed by atoms with Crippen LogP contribution in [0.4, 0.5) is 5.69 Å². The molecule has 0 spiro atoms. The number of halogens is 1. The molecule has 0 fully saturated rings. The Kier molecular flexibility index (Phi) is 6.52. The molecule has 0 saturated carbocycles. The zero-order chi connectivity index (χ0) is 15.1. The van der Waals surface area contributed by atoms with Gasteiger partial charge in [0.05, 0.1) is 0 Å². The highest BCUT2D eigenvalue weighted by Crippen LogP contribution is 2.13. The summed E-state index contributed by atoms with van der Waals surface area (Å²) in [5, 5.41) is 3.41. The van der Waals surface area contributed by atoms with Gasteiger partial charge in [-0.15, -0.1) is 0 Å². The molecule has 110 valence electrons. The van der Waals surface area contributed by atoms with Gasteiger partial charge in [0.25, 0.3) is 0 Å². The number of benzene rings is 1. The summed E-state index contributed by atoms with van der Waals surface area (Å²) in [5.41, 5.74) is 0.706. The molecular formula is C15H21ClN2O2. The number of nitrogens with zero attached hydrogens (tertiary/aromatic N) is 1. The number of amides is 2. The molecule has 4 nitrogen and oxygen atoms in total. The summed E-state index contributed by atoms with van der Waals surface area (Å²) in [6.07, 6.45) is 0.287. The smallest absolute Gasteiger partial charge is 0.226 e. The van der Waals surface area contributed by atoms with E-state index in [1.807, 2.05) is 13.8 Å². The minimum absolute atomic E-state index is 0.00186. The average Bonchev–Trinajstić information content (AvgIpc) is 2.36. The van der Waals surface area contributed by atoms with Gasteiger partial charge in [0, 0.05) is 37.1 Å². The molecule has 0 aliphatic rings. The monoisotopic (exact) mass is 296 g/mol. The predicted octanol–water partition coefficient (Wildman–Crippen LogP) is 3.17. The van der Waals surface area contributed by atoms with Crippen LogP contribution in [0.25, 0.3) is 0 Å². The Morgan fingerprint density at radius 1 is 1.25 bits per heavy atom. The second kappa shape index (κ2) is 7.90. The van der Waals surface area contributed by atoms with E-state index in [0.717, 1.165) is 0 Å². The first-order chi connectivity index (χ1) is 9.38. The lowest BCUT2D eigenvalue weighted by molar-refractivity contribution is -0.129. The Morgan fingerprint density at radius 2 is 1.85 bits per heavy atom. The molecule has 5 heteroatoms. The van der Waals surface area contributed by atoms with Crippen molar-refractivity contribution in [3.63, 3.8) is 0 Å². The lowest BCUT2D eigenvalue weighted by Crippen LogP contribution is -2.34. The fraction of sp³-hybridized carbons (Fsp3) is 0.467. The van der Waals surface area contributed by atoms with Crippen LogP contribution in [0.3, 0.4) is 0 Å². The fourth-order valence-corrected chi connectivity index (χ4v) is 1.94. The highest BCUT2D eigenvalue weighted by molar-refractivity contribution is 6.30. The van der Waals surface area contributed by atoms with Crippen LogP contribution < -0.4 is 5.32 Å². The van der Waals surface area contributed by atoms with Gasteiger partial charge in [-0.3, -0.25) is 9.59 Å². The maximum atomic E-state index is 11.8. The van der Waals surface area contributed by atoms with E-state index in [2.05, 4.69) is 5.32 Å². The van der Waals surface area contributed by atoms with Crippen molar-refractivity contribution in [3.05, 3.63) is 29.3 Å². The van der Waals surface area contributed by atoms with Gasteiger partial charge in [-0.05, 0) is 30.2 Å². The number of carbonyl (C=O) groups excluding carboxylic acids is 2. The first-order valence-electron chi connectivity index (χ1n) is 6.69. The second-order valence-corrected chi connectivity index (χ2v) is 5.60. The summed E-state index contributed by atoms with van der Waals surface area (Å²) in [7, 11) is 0. The Balaban J connectivity index is 2.45. The van der Waals surface area contributed by atoms with Crippen LogP contribution in [0.1, 0.15) is 27.2 Å². The first kappa shape index (κ1) is 16.5. The van der Waals surface area contributed by atoms with Crippen LogP contribution in [0.5, 0.6) is 0 Å². The molecule has 0 aliphatic carbocycles. The van der Waals surface area contributed by atoms with Gasteiger partial charge in [0.15, 0.2) is 0 Å². The van der Waals surface area contributed by atoms with Crippen molar-refractivity contribution in [2.45, 2.75) is 27.2 Å². The van der Waals surface area contributed by atoms with Crippen molar-refractivity contribution < 1.29 is 9.59 Å². The standard InChI is InChI=1S/C15H21ClN2O2/c1-11(2)10-18(12(3)19)9-8-15(20)17-14-6-4-13(16)5-7-14/h4-7,11H,8-10H2,1-3H3,(H,17,20). The van der Waals surface area contributed by atoms with E-state index in [9.17, 15) is 9.59 Å². The zero-order valence-corrected chi connectivity index (χ0v) is 12.9. The summed E-state index contributed by atoms with van der Waals surface area (Å²) in [6.45, 7) is 6.73. The zero-order valence-electron chi connectivity index (χ0n) is 12.1. The molecule has 0 aromatic heterocycles. The van der Waals surface area contributed by atoms with Gasteiger partial charge in [-0.2, -0.15) is 0 Å². The average molecular weight is 297 g/mol. The summed E-state index contributed by atoms with van der Waals surface area (Å²) < 4.78 is 0. The molecule has 0 atom stereocenters. The number of hydrogen-bond donors (Lipinski definition) is 1. The molecule has 1 rings (SSSR count). The quantitative estimate of drug-likeness (QED) is 0.876. The highest BCUT2D eigenvalue weighted by atomic mass is 35.5. The Hall–Kier alpha value is -1.55. The van der Waals surface area contributed by atoms with Crippen LogP contribution in [-0.2, 0) is 9.59 Å². The number of rotatable bonds is 6. The first-order valence-corrected chi connectivity index (χ1v) is 7.07. The summed E-state index contributed by atoms with van der Waals surface area (Å²) in [4.78, 5) is 25.0. The topological polar surface area (TPSA) is 49.4 Å². The molecule has 0 unspecified atom stereocenters. The molecule has 0 heterocycles. The number of anilines is 1. The van der Waals surface area contributed by atoms with Crippen LogP contribution in [0.15, 0.2) is 24.3 Å². The molecule has 0 aliphatic heterocycles. The Morgan fingerprint density at radius 3 is 2.35 bits per heavy atom. The minimum atomic E-state index is -0.109. The van der Waals surface area contributed by atoms with Gasteiger partial charge >= 0.3 is 0 Å². The van der Waals surface area contributed by atoms with E-state index in [-0.39, 0.29) is 18.2 Å². The lowest BCUT2D eigenvalue weighted by Gasteiger charge is -2.22. The van der Waals surface area contributed by atoms with Crippen molar-refractivity contribution in [3.8, 4) is 0 Å². The van der Waals surface area contributed by atoms with Crippen LogP contribution in [0, 0.1) is 5.92 Å². The van der Waals surface area contributed by atoms with Crippen LogP contribution in [0.2, 0.25) is 5.02 Å². The molecular weight excluding hydrogens is 276 g/mol. The summed E-state index contributed by atoms with van der Waals surface area (Å²) in [6, 6.07) is 6.93. The van der Waals surface area contributed by atoms with Crippen molar-refractivity contribution in [1.29, 1.82) is 0 Å². The maximum Gasteiger partial charge on any atom is 0.226 e. The largest absolute Gasteiger partial charge is 0.342 e. The maximum absolute atomic E-state index is 11.8. The summed E-state index contributed by atoms with van der Waals surface area (Å²) >= 11 is 5.78. The molecule has 1 N–H and O–H groups in total. The molecule has 0 saturated heterocycles. The van der Waals surface area contributed by atoms with Gasteiger partial charge in [0.2, 0.25) is 11.8 Å². The lowest BCUT2D eigenvalue weighted by atomic mass is 10.2. The van der Waals surface area contributed by atoms with Crippen molar-refractivity contribution in [2.75, 3.05) is 18.4 Å². The van der Waals surface area contributed by atoms with Crippen molar-refractivity contribution >= 4 is 29.1 Å². The van der Waals surface area contributed by atoms with Gasteiger partial charge in [-0.25, -0.2) is 0 Å². The third-order valence-electron chi connectivity index (χ3n) is 2.77. The third-order valence-corrected chi connectivity index (χ3v) is 3.02. The van der Waals surface area contributed by atoms with Gasteiger partial charge in [0.1, 0.15) is 0 Å². The Labute approximate surface area is 125 Å². The Bertz CT molecular complexity index is 457. The molecule has 0 radical (unpaired) electrons. The predicted molar refractivity (Wildman–Crippen MR) is 81.8 cm³/mol. The van der Waals surface area contributed by atoms with Crippen LogP contribution >= 0.6 is 11.6 Å². The summed E-state index contributed by atoms with van der Waals surface area (Å²) in [5.74, 6) is 0.276. The molecule has 20 heavy (non-hydrogen) atoms. The van der Waals surface area contributed by atoms with E-state index in [0.29, 0.717) is 29.7 Å². The fourth-order valence-electron chi connectivity index (χ4n) is 1.81. The van der Waals surface area contributed by atoms with E-state index in [1.54, 1.807) is 29.2 Å². The molecule has 0 bridgehead atoms. The number of nitrogens with one attached hydrogen (secondary N) is 1. The molecule has 1 aromatic carbocycles. The molecule has 2 amide bonds. The number of hydrogen-bond acceptors (Lipinski definition) is 2. The minimum Gasteiger partial charge on any atom is -0.342 e. The second-order valence-electron chi connectivity index (χ2n) is 5.16. The highest BCUT2D eigenvalue weighted by Gasteiger charge is 2.12. The third kappa shape index (κ3) is 6.06. The number of carbonyl (C=O) groups is 2. The molecule has 1 aromatic rings. The van der Waals surface area contributed by atoms with Crippen LogP contribution in [-0.4, -0.2) is 29.8 Å². The SMILES string of the molecule is CC(=O)N(CCC(=O)Nc1ccc(Cl)cc1)CC(C)C. The van der Waals surface area contributed by atoms with Gasteiger partial charge in [-0.1, -0.05) is 25.4 Å². The van der Waals surface area contributed by atoms with Crippen molar-refractivity contribution in [1.82, 2.24) is 4.90 Å².